The minimum Gasteiger partial charge on any atom is -0.356 e. The molecular weight excluding hydrogens is 271 g/mol. The van der Waals surface area contributed by atoms with Crippen LogP contribution >= 0.6 is 12.2 Å². The highest BCUT2D eigenvalue weighted by Gasteiger charge is 2.06. The summed E-state index contributed by atoms with van der Waals surface area (Å²) in [4.78, 5) is 0. The summed E-state index contributed by atoms with van der Waals surface area (Å²) in [5, 5.41) is 6.76. The summed E-state index contributed by atoms with van der Waals surface area (Å²) in [5.74, 6) is -0.262. The Morgan fingerprint density at radius 1 is 1.05 bits per heavy atom. The minimum absolute atomic E-state index is 0.107. The first-order valence-electron chi connectivity index (χ1n) is 6.44. The fraction of sp³-hybridized carbons (Fsp3) is 0.188. The number of thiocarbonyl (C=S) groups is 1. The van der Waals surface area contributed by atoms with Crippen molar-refractivity contribution in [1.82, 2.24) is 5.32 Å². The van der Waals surface area contributed by atoms with E-state index >= 15 is 0 Å². The number of anilines is 1. The van der Waals surface area contributed by atoms with Gasteiger partial charge in [0, 0.05) is 5.69 Å². The average molecular weight is 288 g/mol. The van der Waals surface area contributed by atoms with Gasteiger partial charge in [-0.2, -0.15) is 0 Å². The summed E-state index contributed by atoms with van der Waals surface area (Å²) in [6.45, 7) is 4.10. The summed E-state index contributed by atoms with van der Waals surface area (Å²) < 4.78 is 12.8. The standard InChI is InChI=1S/C16H17FN2S/c1-11-3-5-13(6-4-11)12(2)18-16(20)19-15-9-7-14(17)8-10-15/h3-10,12H,1-2H3,(H2,18,19,20). The van der Waals surface area contributed by atoms with E-state index in [0.717, 1.165) is 5.69 Å². The van der Waals surface area contributed by atoms with Gasteiger partial charge in [0.15, 0.2) is 5.11 Å². The molecule has 0 heterocycles. The van der Waals surface area contributed by atoms with Crippen LogP contribution in [0.1, 0.15) is 24.1 Å². The molecule has 0 aromatic heterocycles. The molecule has 104 valence electrons. The largest absolute Gasteiger partial charge is 0.356 e. The zero-order valence-electron chi connectivity index (χ0n) is 11.5. The smallest absolute Gasteiger partial charge is 0.171 e. The van der Waals surface area contributed by atoms with Gasteiger partial charge in [-0.25, -0.2) is 4.39 Å². The zero-order valence-corrected chi connectivity index (χ0v) is 12.3. The minimum atomic E-state index is -0.262. The van der Waals surface area contributed by atoms with Gasteiger partial charge in [0.25, 0.3) is 0 Å². The molecule has 0 radical (unpaired) electrons. The van der Waals surface area contributed by atoms with Crippen molar-refractivity contribution in [3.8, 4) is 0 Å². The Labute approximate surface area is 124 Å². The van der Waals surface area contributed by atoms with Gasteiger partial charge in [-0.15, -0.1) is 0 Å². The topological polar surface area (TPSA) is 24.1 Å². The lowest BCUT2D eigenvalue weighted by molar-refractivity contribution is 0.628. The van der Waals surface area contributed by atoms with Crippen LogP contribution in [-0.2, 0) is 0 Å². The highest BCUT2D eigenvalue weighted by atomic mass is 32.1. The second-order valence-electron chi connectivity index (χ2n) is 4.74. The molecule has 2 N–H and O–H groups in total. The molecule has 0 aliphatic carbocycles. The maximum absolute atomic E-state index is 12.8. The van der Waals surface area contributed by atoms with Gasteiger partial charge in [-0.3, -0.25) is 0 Å². The predicted molar refractivity (Wildman–Crippen MR) is 85.4 cm³/mol. The third kappa shape index (κ3) is 4.03. The molecule has 4 heteroatoms. The Kier molecular flexibility index (Phi) is 4.69. The molecule has 0 amide bonds. The molecule has 0 saturated heterocycles. The van der Waals surface area contributed by atoms with E-state index in [1.165, 1.54) is 23.3 Å². The Hall–Kier alpha value is -1.94. The van der Waals surface area contributed by atoms with E-state index in [2.05, 4.69) is 41.8 Å². The summed E-state index contributed by atoms with van der Waals surface area (Å²) in [7, 11) is 0. The first kappa shape index (κ1) is 14.5. The van der Waals surface area contributed by atoms with Gasteiger partial charge in [0.2, 0.25) is 0 Å². The fourth-order valence-electron chi connectivity index (χ4n) is 1.84. The molecule has 2 nitrogen and oxygen atoms in total. The van der Waals surface area contributed by atoms with E-state index in [0.29, 0.717) is 5.11 Å². The molecule has 0 saturated carbocycles. The van der Waals surface area contributed by atoms with E-state index in [1.54, 1.807) is 12.1 Å². The van der Waals surface area contributed by atoms with Crippen molar-refractivity contribution in [2.75, 3.05) is 5.32 Å². The number of aryl methyl sites for hydroxylation is 1. The Morgan fingerprint density at radius 2 is 1.65 bits per heavy atom. The SMILES string of the molecule is Cc1ccc(C(C)NC(=S)Nc2ccc(F)cc2)cc1. The van der Waals surface area contributed by atoms with Gasteiger partial charge >= 0.3 is 0 Å². The lowest BCUT2D eigenvalue weighted by Gasteiger charge is -2.17. The quantitative estimate of drug-likeness (QED) is 0.828. The molecule has 2 rings (SSSR count). The number of rotatable bonds is 3. The van der Waals surface area contributed by atoms with Crippen LogP contribution in [-0.4, -0.2) is 5.11 Å². The average Bonchev–Trinajstić information content (AvgIpc) is 2.42. The monoisotopic (exact) mass is 288 g/mol. The van der Waals surface area contributed by atoms with E-state index < -0.39 is 0 Å². The molecular formula is C16H17FN2S. The summed E-state index contributed by atoms with van der Waals surface area (Å²) >= 11 is 5.25. The molecule has 1 unspecified atom stereocenters. The summed E-state index contributed by atoms with van der Waals surface area (Å²) in [6.07, 6.45) is 0. The molecule has 20 heavy (non-hydrogen) atoms. The Morgan fingerprint density at radius 3 is 2.25 bits per heavy atom. The lowest BCUT2D eigenvalue weighted by atomic mass is 10.1. The number of nitrogens with one attached hydrogen (secondary N) is 2. The maximum atomic E-state index is 12.8. The number of hydrogen-bond donors (Lipinski definition) is 2. The molecule has 0 bridgehead atoms. The van der Waals surface area contributed by atoms with Crippen molar-refractivity contribution in [1.29, 1.82) is 0 Å². The van der Waals surface area contributed by atoms with Crippen LogP contribution in [0, 0.1) is 12.7 Å². The third-order valence-electron chi connectivity index (χ3n) is 3.03. The van der Waals surface area contributed by atoms with Gasteiger partial charge in [-0.1, -0.05) is 29.8 Å². The number of halogens is 1. The van der Waals surface area contributed by atoms with E-state index in [4.69, 9.17) is 12.2 Å². The molecule has 2 aromatic carbocycles. The first-order valence-corrected chi connectivity index (χ1v) is 6.85. The molecule has 1 atom stereocenters. The predicted octanol–water partition coefficient (Wildman–Crippen LogP) is 4.18. The second kappa shape index (κ2) is 6.48. The normalized spacial score (nSPS) is 11.8. The zero-order chi connectivity index (χ0) is 14.5. The highest BCUT2D eigenvalue weighted by molar-refractivity contribution is 7.80. The molecule has 2 aromatic rings. The number of benzene rings is 2. The van der Waals surface area contributed by atoms with E-state index in [9.17, 15) is 4.39 Å². The van der Waals surface area contributed by atoms with Gasteiger partial charge in [0.1, 0.15) is 5.82 Å². The summed E-state index contributed by atoms with van der Waals surface area (Å²) in [6, 6.07) is 14.5. The van der Waals surface area contributed by atoms with Crippen molar-refractivity contribution >= 4 is 23.0 Å². The van der Waals surface area contributed by atoms with Gasteiger partial charge in [-0.05, 0) is 55.9 Å². The third-order valence-corrected chi connectivity index (χ3v) is 3.25. The van der Waals surface area contributed by atoms with Crippen molar-refractivity contribution in [2.24, 2.45) is 0 Å². The van der Waals surface area contributed by atoms with Crippen LogP contribution < -0.4 is 10.6 Å². The van der Waals surface area contributed by atoms with Crippen LogP contribution in [0.2, 0.25) is 0 Å². The van der Waals surface area contributed by atoms with Crippen LogP contribution in [0.3, 0.4) is 0 Å². The second-order valence-corrected chi connectivity index (χ2v) is 5.15. The Bertz CT molecular complexity index is 578. The van der Waals surface area contributed by atoms with Crippen molar-refractivity contribution in [3.05, 3.63) is 65.5 Å². The van der Waals surface area contributed by atoms with Crippen LogP contribution in [0.4, 0.5) is 10.1 Å². The first-order chi connectivity index (χ1) is 9.54. The van der Waals surface area contributed by atoms with Crippen LogP contribution in [0.5, 0.6) is 0 Å². The molecule has 0 aliphatic heterocycles. The van der Waals surface area contributed by atoms with Crippen LogP contribution in [0.15, 0.2) is 48.5 Å². The van der Waals surface area contributed by atoms with Crippen LogP contribution in [0.25, 0.3) is 0 Å². The van der Waals surface area contributed by atoms with Crippen molar-refractivity contribution < 1.29 is 4.39 Å². The molecule has 0 fully saturated rings. The van der Waals surface area contributed by atoms with Gasteiger partial charge < -0.3 is 10.6 Å². The number of hydrogen-bond acceptors (Lipinski definition) is 1. The Balaban J connectivity index is 1.93. The van der Waals surface area contributed by atoms with Crippen molar-refractivity contribution in [3.63, 3.8) is 0 Å². The van der Waals surface area contributed by atoms with E-state index in [1.807, 2.05) is 6.92 Å². The van der Waals surface area contributed by atoms with Crippen molar-refractivity contribution in [2.45, 2.75) is 19.9 Å². The van der Waals surface area contributed by atoms with E-state index in [-0.39, 0.29) is 11.9 Å². The molecule has 0 aliphatic rings. The fourth-order valence-corrected chi connectivity index (χ4v) is 2.13. The lowest BCUT2D eigenvalue weighted by Crippen LogP contribution is -2.30. The van der Waals surface area contributed by atoms with Gasteiger partial charge in [0.05, 0.1) is 6.04 Å². The maximum Gasteiger partial charge on any atom is 0.171 e. The molecule has 0 spiro atoms. The highest BCUT2D eigenvalue weighted by Crippen LogP contribution is 2.14. The summed E-state index contributed by atoms with van der Waals surface area (Å²) in [5.41, 5.74) is 3.16.